The lowest BCUT2D eigenvalue weighted by Crippen LogP contribution is -2.46. The quantitative estimate of drug-likeness (QED) is 0.0474. The molecule has 16 heteroatoms. The number of rotatable bonds is 16. The zero-order valence-corrected chi connectivity index (χ0v) is 56.8. The van der Waals surface area contributed by atoms with Gasteiger partial charge in [-0.15, -0.1) is 0 Å². The molecule has 0 radical (unpaired) electrons. The largest absolute Gasteiger partial charge is 0.454 e. The Morgan fingerprint density at radius 1 is 0.293 bits per heavy atom. The molecule has 12 rings (SSSR count). The molecule has 8 atom stereocenters. The smallest absolute Gasteiger partial charge is 0.343 e. The van der Waals surface area contributed by atoms with E-state index in [0.29, 0.717) is 22.3 Å². The lowest BCUT2D eigenvalue weighted by atomic mass is 9.80. The Bertz CT molecular complexity index is 2610. The molecule has 8 aliphatic rings. The van der Waals surface area contributed by atoms with Crippen LogP contribution in [0.15, 0.2) is 121 Å². The van der Waals surface area contributed by atoms with Gasteiger partial charge in [0.1, 0.15) is 26.2 Å². The van der Waals surface area contributed by atoms with Gasteiger partial charge in [0.05, 0.1) is 82.6 Å². The summed E-state index contributed by atoms with van der Waals surface area (Å²) in [6, 6.07) is 37.3. The molecule has 92 heavy (non-hydrogen) atoms. The molecule has 4 aromatic rings. The zero-order valence-electron chi connectivity index (χ0n) is 56.8. The molecule has 4 saturated carbocycles. The van der Waals surface area contributed by atoms with Crippen LogP contribution in [0.4, 0.5) is 0 Å². The first-order valence-corrected chi connectivity index (χ1v) is 34.9. The van der Waals surface area contributed by atoms with Gasteiger partial charge in [-0.1, -0.05) is 173 Å². The van der Waals surface area contributed by atoms with E-state index in [0.717, 1.165) is 199 Å². The van der Waals surface area contributed by atoms with Crippen molar-refractivity contribution in [1.82, 2.24) is 0 Å². The fourth-order valence-corrected chi connectivity index (χ4v) is 16.5. The monoisotopic (exact) mass is 1270 g/mol. The molecule has 0 spiro atoms. The van der Waals surface area contributed by atoms with Crippen LogP contribution in [-0.2, 0) is 60.5 Å². The minimum Gasteiger partial charge on any atom is -0.454 e. The molecule has 0 unspecified atom stereocenters. The lowest BCUT2D eigenvalue weighted by Gasteiger charge is -2.33. The van der Waals surface area contributed by atoms with Crippen molar-refractivity contribution in [3.05, 3.63) is 144 Å². The van der Waals surface area contributed by atoms with Crippen LogP contribution in [0.1, 0.15) is 151 Å². The maximum atomic E-state index is 12.9. The molecule has 504 valence electrons. The Hall–Kier alpha value is -5.56. The van der Waals surface area contributed by atoms with Gasteiger partial charge in [0.15, 0.2) is 46.8 Å². The molecule has 4 aromatic carbocycles. The summed E-state index contributed by atoms with van der Waals surface area (Å²) in [6.07, 6.45) is 18.7. The highest BCUT2D eigenvalue weighted by atomic mass is 16.6. The number of aliphatic hydroxyl groups is 4. The molecule has 0 aromatic heterocycles. The van der Waals surface area contributed by atoms with Crippen LogP contribution in [0, 0.1) is 23.7 Å². The molecule has 16 nitrogen and oxygen atoms in total. The van der Waals surface area contributed by atoms with Gasteiger partial charge in [-0.2, -0.15) is 0 Å². The molecular formula is C76H112N4O12+4. The van der Waals surface area contributed by atoms with E-state index < -0.39 is 46.3 Å². The van der Waals surface area contributed by atoms with Crippen molar-refractivity contribution in [2.45, 2.75) is 175 Å². The number of nitrogens with zero attached hydrogens (tertiary/aromatic N) is 4. The van der Waals surface area contributed by atoms with Crippen LogP contribution in [0.5, 0.6) is 0 Å². The van der Waals surface area contributed by atoms with E-state index in [2.05, 4.69) is 56.4 Å². The average molecular weight is 1270 g/mol. The number of ether oxygens (including phenoxy) is 4. The summed E-state index contributed by atoms with van der Waals surface area (Å²) in [7, 11) is 17.2. The molecule has 0 bridgehead atoms. The molecule has 4 aliphatic heterocycles. The Morgan fingerprint density at radius 2 is 0.457 bits per heavy atom. The summed E-state index contributed by atoms with van der Waals surface area (Å²) in [4.78, 5) is 51.8. The predicted octanol–water partition coefficient (Wildman–Crippen LogP) is 9.83. The first-order chi connectivity index (χ1) is 43.7. The van der Waals surface area contributed by atoms with E-state index in [4.69, 9.17) is 18.9 Å². The van der Waals surface area contributed by atoms with E-state index in [-0.39, 0.29) is 48.1 Å². The number of quaternary nitrogens is 4. The molecule has 8 fully saturated rings. The Kier molecular flexibility index (Phi) is 23.1. The summed E-state index contributed by atoms with van der Waals surface area (Å²) in [5, 5.41) is 45.4. The fourth-order valence-electron chi connectivity index (χ4n) is 16.5. The highest BCUT2D eigenvalue weighted by Gasteiger charge is 2.54. The van der Waals surface area contributed by atoms with Crippen LogP contribution in [0.3, 0.4) is 0 Å². The second kappa shape index (κ2) is 30.0. The van der Waals surface area contributed by atoms with Gasteiger partial charge in [-0.3, -0.25) is 0 Å². The van der Waals surface area contributed by atoms with Gasteiger partial charge in [0.25, 0.3) is 0 Å². The number of hydrogen-bond acceptors (Lipinski definition) is 12. The number of esters is 4. The normalized spacial score (nSPS) is 26.8. The number of benzene rings is 4. The molecule has 0 amide bonds. The highest BCUT2D eigenvalue weighted by Crippen LogP contribution is 2.46. The molecule has 4 N–H and O–H groups in total. The third kappa shape index (κ3) is 16.9. The van der Waals surface area contributed by atoms with Gasteiger partial charge < -0.3 is 57.3 Å². The van der Waals surface area contributed by atoms with E-state index in [1.807, 2.05) is 121 Å². The minimum absolute atomic E-state index is 0.0405. The third-order valence-corrected chi connectivity index (χ3v) is 22.0. The minimum atomic E-state index is -1.50. The molecule has 4 heterocycles. The fraction of sp³-hybridized carbons (Fsp3) is 0.632. The molecular weight excluding hydrogens is 1160 g/mol. The molecule has 4 aliphatic carbocycles. The van der Waals surface area contributed by atoms with Crippen molar-refractivity contribution in [1.29, 1.82) is 0 Å². The van der Waals surface area contributed by atoms with E-state index >= 15 is 0 Å². The second-order valence-electron chi connectivity index (χ2n) is 31.1. The van der Waals surface area contributed by atoms with Gasteiger partial charge in [-0.05, 0) is 73.6 Å². The predicted molar refractivity (Wildman–Crippen MR) is 355 cm³/mol. The first kappa shape index (κ1) is 70.7. The maximum Gasteiger partial charge on any atom is 0.343 e. The van der Waals surface area contributed by atoms with Gasteiger partial charge in [-0.25, -0.2) is 19.2 Å². The van der Waals surface area contributed by atoms with Crippen molar-refractivity contribution < 1.29 is 76.5 Å². The maximum absolute atomic E-state index is 12.9. The number of likely N-dealkylation sites (N-methyl/N-ethyl adjacent to an activating group) is 4. The summed E-state index contributed by atoms with van der Waals surface area (Å²) in [5.41, 5.74) is -3.33. The van der Waals surface area contributed by atoms with Crippen LogP contribution >= 0.6 is 0 Å². The van der Waals surface area contributed by atoms with Crippen LogP contribution in [-0.4, -0.2) is 195 Å². The number of carbonyl (C=O) groups excluding carboxylic acids is 4. The number of likely N-dealkylation sites (tertiary alicyclic amines) is 4. The molecule has 4 saturated heterocycles. The Morgan fingerprint density at radius 3 is 0.598 bits per heavy atom. The number of hydrogen-bond donors (Lipinski definition) is 4. The van der Waals surface area contributed by atoms with Crippen molar-refractivity contribution in [3.8, 4) is 0 Å². The Labute approximate surface area is 549 Å². The zero-order chi connectivity index (χ0) is 66.0. The van der Waals surface area contributed by atoms with Crippen molar-refractivity contribution in [2.24, 2.45) is 23.7 Å². The highest BCUT2D eigenvalue weighted by molar-refractivity contribution is 5.84. The second-order valence-corrected chi connectivity index (χ2v) is 31.1. The Balaban J connectivity index is 0.000000145. The van der Waals surface area contributed by atoms with E-state index in [1.165, 1.54) is 0 Å². The summed E-state index contributed by atoms with van der Waals surface area (Å²) >= 11 is 0. The summed E-state index contributed by atoms with van der Waals surface area (Å²) in [5.74, 6) is -1.99. The third-order valence-electron chi connectivity index (χ3n) is 22.0. The van der Waals surface area contributed by atoms with E-state index in [1.54, 1.807) is 0 Å². The SMILES string of the molecule is C[N+]1(C)CC[C@@H](OC(=O)[C@@](O)(c2ccccc2)C2CCCC2)C1.C[N+]1(C)CC[C@@H](OC(=O)[C@](O)(c2ccccc2)C2CCCC2)C1.C[N+]1(C)CC[C@H](OC(=O)[C@@](O)(c2ccccc2)C2CCCC2)C1.C[N+]1(C)CC[C@H](OC(=O)[C@](O)(c2ccccc2)C2CCCC2)C1. The van der Waals surface area contributed by atoms with Crippen molar-refractivity contribution >= 4 is 23.9 Å². The topological polar surface area (TPSA) is 186 Å². The van der Waals surface area contributed by atoms with E-state index in [9.17, 15) is 39.6 Å². The average Bonchev–Trinajstić information content (AvgIpc) is 1.34. The first-order valence-electron chi connectivity index (χ1n) is 34.9. The van der Waals surface area contributed by atoms with Gasteiger partial charge >= 0.3 is 23.9 Å². The van der Waals surface area contributed by atoms with Crippen molar-refractivity contribution in [3.63, 3.8) is 0 Å². The van der Waals surface area contributed by atoms with Gasteiger partial charge in [0.2, 0.25) is 0 Å². The number of carbonyl (C=O) groups is 4. The van der Waals surface area contributed by atoms with Crippen molar-refractivity contribution in [2.75, 3.05) is 109 Å². The van der Waals surface area contributed by atoms with Crippen LogP contribution < -0.4 is 0 Å². The standard InChI is InChI=1S/4C19H28NO3/c4*1-20(2)13-12-17(14-20)23-18(21)19(22,16-10-6-7-11-16)15-8-4-3-5-9-15/h4*3-5,8-9,16-17,22H,6-7,10-14H2,1-2H3/q4*+1/t2*17-,19+;2*17-,19-/m1010/s1. The van der Waals surface area contributed by atoms with Crippen LogP contribution in [0.2, 0.25) is 0 Å². The summed E-state index contributed by atoms with van der Waals surface area (Å²) < 4.78 is 26.6. The van der Waals surface area contributed by atoms with Crippen LogP contribution in [0.25, 0.3) is 0 Å². The summed E-state index contributed by atoms with van der Waals surface area (Å²) in [6.45, 7) is 7.30. The van der Waals surface area contributed by atoms with Gasteiger partial charge in [0, 0.05) is 49.4 Å². The lowest BCUT2D eigenvalue weighted by molar-refractivity contribution is -0.879.